The molecule has 1 aliphatic heterocycles. The summed E-state index contributed by atoms with van der Waals surface area (Å²) in [5.41, 5.74) is 6.01. The molecule has 1 saturated heterocycles. The first-order valence-electron chi connectivity index (χ1n) is 5.86. The van der Waals surface area contributed by atoms with Crippen LogP contribution in [0.1, 0.15) is 18.7 Å². The Kier molecular flexibility index (Phi) is 3.49. The third-order valence-corrected chi connectivity index (χ3v) is 3.21. The highest BCUT2D eigenvalue weighted by molar-refractivity contribution is 5.78. The summed E-state index contributed by atoms with van der Waals surface area (Å²) in [5.74, 6) is 0.964. The van der Waals surface area contributed by atoms with E-state index in [1.165, 1.54) is 0 Å². The molecule has 1 aliphatic rings. The summed E-state index contributed by atoms with van der Waals surface area (Å²) in [6.07, 6.45) is 1.64. The molecule has 0 spiro atoms. The third-order valence-electron chi connectivity index (χ3n) is 3.21. The van der Waals surface area contributed by atoms with E-state index in [0.717, 1.165) is 18.8 Å². The van der Waals surface area contributed by atoms with E-state index in [0.29, 0.717) is 6.54 Å². The zero-order chi connectivity index (χ0) is 12.4. The Balaban J connectivity index is 2.15. The molecule has 1 aromatic heterocycles. The molecule has 17 heavy (non-hydrogen) atoms. The predicted octanol–water partition coefficient (Wildman–Crippen LogP) is 0.442. The van der Waals surface area contributed by atoms with Crippen molar-refractivity contribution in [1.82, 2.24) is 9.80 Å². The van der Waals surface area contributed by atoms with E-state index in [9.17, 15) is 4.79 Å². The molecule has 1 aromatic rings. The maximum absolute atomic E-state index is 11.7. The molecule has 0 aliphatic carbocycles. The second-order valence-corrected chi connectivity index (χ2v) is 4.61. The molecule has 1 fully saturated rings. The van der Waals surface area contributed by atoms with E-state index in [-0.39, 0.29) is 18.0 Å². The van der Waals surface area contributed by atoms with E-state index in [1.54, 1.807) is 11.2 Å². The minimum atomic E-state index is -0.0719. The minimum Gasteiger partial charge on any atom is -0.468 e. The molecule has 2 unspecified atom stereocenters. The second-order valence-electron chi connectivity index (χ2n) is 4.61. The average molecular weight is 237 g/mol. The van der Waals surface area contributed by atoms with Gasteiger partial charge in [-0.3, -0.25) is 9.69 Å². The SMILES string of the molecule is CC(N)C(c1ccco1)N1CCN(C)C(=O)C1. The molecule has 0 bridgehead atoms. The molecule has 94 valence electrons. The summed E-state index contributed by atoms with van der Waals surface area (Å²) in [5, 5.41) is 0. The zero-order valence-electron chi connectivity index (χ0n) is 10.3. The van der Waals surface area contributed by atoms with Crippen LogP contribution in [0.3, 0.4) is 0 Å². The molecule has 1 amide bonds. The van der Waals surface area contributed by atoms with Crippen LogP contribution in [0.4, 0.5) is 0 Å². The van der Waals surface area contributed by atoms with Gasteiger partial charge in [0, 0.05) is 26.2 Å². The molecule has 0 aromatic carbocycles. The van der Waals surface area contributed by atoms with Crippen LogP contribution in [0.15, 0.2) is 22.8 Å². The maximum atomic E-state index is 11.7. The number of amides is 1. The van der Waals surface area contributed by atoms with Gasteiger partial charge >= 0.3 is 0 Å². The molecular weight excluding hydrogens is 218 g/mol. The van der Waals surface area contributed by atoms with E-state index in [2.05, 4.69) is 4.90 Å². The van der Waals surface area contributed by atoms with Gasteiger partial charge in [0.05, 0.1) is 18.8 Å². The van der Waals surface area contributed by atoms with Crippen molar-refractivity contribution in [2.75, 3.05) is 26.7 Å². The standard InChI is InChI=1S/C12H19N3O2/c1-9(13)12(10-4-3-7-17-10)15-6-5-14(2)11(16)8-15/h3-4,7,9,12H,5-6,8,13H2,1-2H3. The Hall–Kier alpha value is -1.33. The smallest absolute Gasteiger partial charge is 0.236 e. The molecule has 5 nitrogen and oxygen atoms in total. The number of nitrogens with zero attached hydrogens (tertiary/aromatic N) is 2. The topological polar surface area (TPSA) is 62.7 Å². The van der Waals surface area contributed by atoms with Gasteiger partial charge in [0.15, 0.2) is 0 Å². The van der Waals surface area contributed by atoms with Crippen LogP contribution in [0.2, 0.25) is 0 Å². The van der Waals surface area contributed by atoms with Crippen LogP contribution in [0, 0.1) is 0 Å². The van der Waals surface area contributed by atoms with Crippen molar-refractivity contribution in [2.24, 2.45) is 5.73 Å². The van der Waals surface area contributed by atoms with Crippen molar-refractivity contribution in [3.05, 3.63) is 24.2 Å². The van der Waals surface area contributed by atoms with Gasteiger partial charge in [0.2, 0.25) is 5.91 Å². The summed E-state index contributed by atoms with van der Waals surface area (Å²) in [4.78, 5) is 15.5. The van der Waals surface area contributed by atoms with Crippen molar-refractivity contribution in [1.29, 1.82) is 0 Å². The lowest BCUT2D eigenvalue weighted by Gasteiger charge is -2.38. The zero-order valence-corrected chi connectivity index (χ0v) is 10.3. The summed E-state index contributed by atoms with van der Waals surface area (Å²) >= 11 is 0. The molecule has 0 radical (unpaired) electrons. The Labute approximate surface area is 101 Å². The first kappa shape index (κ1) is 12.1. The summed E-state index contributed by atoms with van der Waals surface area (Å²) in [6, 6.07) is 3.67. The van der Waals surface area contributed by atoms with Crippen molar-refractivity contribution in [2.45, 2.75) is 19.0 Å². The van der Waals surface area contributed by atoms with Crippen molar-refractivity contribution in [3.63, 3.8) is 0 Å². The predicted molar refractivity (Wildman–Crippen MR) is 64.3 cm³/mol. The molecule has 2 atom stereocenters. The summed E-state index contributed by atoms with van der Waals surface area (Å²) < 4.78 is 5.43. The van der Waals surface area contributed by atoms with E-state index in [4.69, 9.17) is 10.2 Å². The summed E-state index contributed by atoms with van der Waals surface area (Å²) in [6.45, 7) is 3.91. The first-order chi connectivity index (χ1) is 8.09. The van der Waals surface area contributed by atoms with Gasteiger partial charge in [-0.1, -0.05) is 0 Å². The van der Waals surface area contributed by atoms with Gasteiger partial charge < -0.3 is 15.1 Å². The van der Waals surface area contributed by atoms with Crippen LogP contribution in [-0.4, -0.2) is 48.4 Å². The fraction of sp³-hybridized carbons (Fsp3) is 0.583. The summed E-state index contributed by atoms with van der Waals surface area (Å²) in [7, 11) is 1.83. The number of hydrogen-bond acceptors (Lipinski definition) is 4. The number of rotatable bonds is 3. The number of carbonyl (C=O) groups excluding carboxylic acids is 1. The third kappa shape index (κ3) is 2.50. The van der Waals surface area contributed by atoms with Crippen LogP contribution in [-0.2, 0) is 4.79 Å². The van der Waals surface area contributed by atoms with Gasteiger partial charge in [-0.15, -0.1) is 0 Å². The maximum Gasteiger partial charge on any atom is 0.236 e. The van der Waals surface area contributed by atoms with E-state index < -0.39 is 0 Å². The fourth-order valence-corrected chi connectivity index (χ4v) is 2.25. The van der Waals surface area contributed by atoms with Crippen molar-refractivity contribution >= 4 is 5.91 Å². The van der Waals surface area contributed by atoms with Crippen molar-refractivity contribution in [3.8, 4) is 0 Å². The molecule has 0 saturated carbocycles. The number of piperazine rings is 1. The van der Waals surface area contributed by atoms with Gasteiger partial charge in [-0.2, -0.15) is 0 Å². The quantitative estimate of drug-likeness (QED) is 0.828. The molecule has 5 heteroatoms. The highest BCUT2D eigenvalue weighted by atomic mass is 16.3. The monoisotopic (exact) mass is 237 g/mol. The Morgan fingerprint density at radius 2 is 2.24 bits per heavy atom. The number of nitrogens with two attached hydrogens (primary N) is 1. The van der Waals surface area contributed by atoms with E-state index >= 15 is 0 Å². The Morgan fingerprint density at radius 1 is 1.47 bits per heavy atom. The number of furan rings is 1. The lowest BCUT2D eigenvalue weighted by molar-refractivity contribution is -0.135. The largest absolute Gasteiger partial charge is 0.468 e. The van der Waals surface area contributed by atoms with Crippen LogP contribution in [0.5, 0.6) is 0 Å². The van der Waals surface area contributed by atoms with Gasteiger partial charge in [-0.25, -0.2) is 0 Å². The highest BCUT2D eigenvalue weighted by Crippen LogP contribution is 2.25. The lowest BCUT2D eigenvalue weighted by atomic mass is 10.1. The van der Waals surface area contributed by atoms with Crippen molar-refractivity contribution < 1.29 is 9.21 Å². The number of carbonyl (C=O) groups is 1. The normalized spacial score (nSPS) is 21.6. The number of likely N-dealkylation sites (N-methyl/N-ethyl adjacent to an activating group) is 1. The Bertz CT molecular complexity index is 375. The van der Waals surface area contributed by atoms with Crippen LogP contribution >= 0.6 is 0 Å². The molecule has 2 rings (SSSR count). The van der Waals surface area contributed by atoms with Gasteiger partial charge in [-0.05, 0) is 19.1 Å². The average Bonchev–Trinajstić information content (AvgIpc) is 2.76. The highest BCUT2D eigenvalue weighted by Gasteiger charge is 2.31. The van der Waals surface area contributed by atoms with Gasteiger partial charge in [0.1, 0.15) is 5.76 Å². The first-order valence-corrected chi connectivity index (χ1v) is 5.86. The molecule has 2 heterocycles. The van der Waals surface area contributed by atoms with E-state index in [1.807, 2.05) is 26.1 Å². The minimum absolute atomic E-state index is 0.0253. The second kappa shape index (κ2) is 4.89. The molecule has 2 N–H and O–H groups in total. The fourth-order valence-electron chi connectivity index (χ4n) is 2.25. The number of hydrogen-bond donors (Lipinski definition) is 1. The molecular formula is C12H19N3O2. The van der Waals surface area contributed by atoms with Crippen LogP contribution < -0.4 is 5.73 Å². The van der Waals surface area contributed by atoms with Crippen LogP contribution in [0.25, 0.3) is 0 Å². The lowest BCUT2D eigenvalue weighted by Crippen LogP contribution is -2.52. The Morgan fingerprint density at radius 3 is 2.76 bits per heavy atom. The van der Waals surface area contributed by atoms with Gasteiger partial charge in [0.25, 0.3) is 0 Å².